The molecular formula is C12H17N3O3. The van der Waals surface area contributed by atoms with Crippen molar-refractivity contribution in [3.05, 3.63) is 23.3 Å². The number of carboxylic acid groups (broad SMARTS) is 1. The highest BCUT2D eigenvalue weighted by atomic mass is 16.5. The van der Waals surface area contributed by atoms with Crippen LogP contribution < -0.4 is 5.73 Å². The van der Waals surface area contributed by atoms with Crippen LogP contribution in [0.4, 0.5) is 0 Å². The fraction of sp³-hybridized carbons (Fsp3) is 0.583. The minimum absolute atomic E-state index is 0.184. The molecule has 1 aliphatic rings. The number of aryl methyl sites for hydroxylation is 1. The third-order valence-corrected chi connectivity index (χ3v) is 3.08. The van der Waals surface area contributed by atoms with Gasteiger partial charge >= 0.3 is 5.97 Å². The number of nitrogens with zero attached hydrogens (tertiary/aromatic N) is 2. The van der Waals surface area contributed by atoms with Crippen LogP contribution in [-0.2, 0) is 9.53 Å². The van der Waals surface area contributed by atoms with Crippen molar-refractivity contribution in [2.45, 2.75) is 31.7 Å². The highest BCUT2D eigenvalue weighted by molar-refractivity contribution is 5.73. The maximum Gasteiger partial charge on any atom is 0.328 e. The Morgan fingerprint density at radius 2 is 2.17 bits per heavy atom. The summed E-state index contributed by atoms with van der Waals surface area (Å²) in [7, 11) is 0. The molecule has 0 radical (unpaired) electrons. The van der Waals surface area contributed by atoms with Gasteiger partial charge in [-0.15, -0.1) is 0 Å². The lowest BCUT2D eigenvalue weighted by molar-refractivity contribution is -0.138. The van der Waals surface area contributed by atoms with Crippen LogP contribution in [0.15, 0.2) is 6.07 Å². The maximum absolute atomic E-state index is 10.9. The number of rotatable bonds is 3. The van der Waals surface area contributed by atoms with E-state index >= 15 is 0 Å². The predicted octanol–water partition coefficient (Wildman–Crippen LogP) is 0.763. The van der Waals surface area contributed by atoms with E-state index in [0.29, 0.717) is 19.1 Å². The van der Waals surface area contributed by atoms with Gasteiger partial charge in [0.25, 0.3) is 0 Å². The quantitative estimate of drug-likeness (QED) is 0.823. The van der Waals surface area contributed by atoms with Gasteiger partial charge in [-0.3, -0.25) is 4.79 Å². The van der Waals surface area contributed by atoms with E-state index in [4.69, 9.17) is 15.6 Å². The maximum atomic E-state index is 10.9. The van der Waals surface area contributed by atoms with Gasteiger partial charge < -0.3 is 15.6 Å². The van der Waals surface area contributed by atoms with Crippen molar-refractivity contribution < 1.29 is 14.6 Å². The molecule has 2 rings (SSSR count). The summed E-state index contributed by atoms with van der Waals surface area (Å²) in [6.45, 7) is 3.25. The lowest BCUT2D eigenvalue weighted by Crippen LogP contribution is -2.25. The zero-order chi connectivity index (χ0) is 13.1. The molecule has 0 spiro atoms. The minimum atomic E-state index is -1.16. The van der Waals surface area contributed by atoms with E-state index in [1.807, 2.05) is 13.0 Å². The Morgan fingerprint density at radius 3 is 2.78 bits per heavy atom. The molecule has 6 heteroatoms. The number of carbonyl (C=O) groups is 1. The van der Waals surface area contributed by atoms with Crippen molar-refractivity contribution in [2.24, 2.45) is 5.73 Å². The molecule has 0 aliphatic carbocycles. The van der Waals surface area contributed by atoms with Crippen LogP contribution in [-0.4, -0.2) is 34.3 Å². The van der Waals surface area contributed by atoms with Crippen molar-refractivity contribution in [2.75, 3.05) is 13.2 Å². The summed E-state index contributed by atoms with van der Waals surface area (Å²) in [6.07, 6.45) is 1.80. The van der Waals surface area contributed by atoms with Gasteiger partial charge in [-0.25, -0.2) is 9.97 Å². The first kappa shape index (κ1) is 12.9. The Balaban J connectivity index is 2.28. The van der Waals surface area contributed by atoms with Gasteiger partial charge in [0.2, 0.25) is 0 Å². The number of carboxylic acids is 1. The normalized spacial score (nSPS) is 18.6. The predicted molar refractivity (Wildman–Crippen MR) is 64.1 cm³/mol. The second-order valence-electron chi connectivity index (χ2n) is 4.49. The molecule has 6 nitrogen and oxygen atoms in total. The molecule has 1 aromatic heterocycles. The van der Waals surface area contributed by atoms with Gasteiger partial charge in [-0.05, 0) is 25.8 Å². The summed E-state index contributed by atoms with van der Waals surface area (Å²) in [5.74, 6) is -0.622. The summed E-state index contributed by atoms with van der Waals surface area (Å²) in [5.41, 5.74) is 7.18. The second-order valence-corrected chi connectivity index (χ2v) is 4.49. The van der Waals surface area contributed by atoms with Crippen LogP contribution in [0.3, 0.4) is 0 Å². The van der Waals surface area contributed by atoms with Crippen LogP contribution in [0, 0.1) is 6.92 Å². The van der Waals surface area contributed by atoms with E-state index in [1.54, 1.807) is 0 Å². The Hall–Kier alpha value is -1.53. The highest BCUT2D eigenvalue weighted by Gasteiger charge is 2.22. The van der Waals surface area contributed by atoms with Gasteiger partial charge in [0.05, 0.1) is 0 Å². The Labute approximate surface area is 105 Å². The van der Waals surface area contributed by atoms with Crippen molar-refractivity contribution >= 4 is 5.97 Å². The van der Waals surface area contributed by atoms with Crippen LogP contribution >= 0.6 is 0 Å². The molecule has 0 bridgehead atoms. The zero-order valence-corrected chi connectivity index (χ0v) is 10.3. The minimum Gasteiger partial charge on any atom is -0.480 e. The average molecular weight is 251 g/mol. The number of ether oxygens (including phenoxy) is 1. The molecule has 0 saturated carbocycles. The van der Waals surface area contributed by atoms with E-state index < -0.39 is 12.0 Å². The Kier molecular flexibility index (Phi) is 3.88. The van der Waals surface area contributed by atoms with E-state index in [1.165, 1.54) is 0 Å². The van der Waals surface area contributed by atoms with Gasteiger partial charge in [0, 0.05) is 30.5 Å². The number of aromatic nitrogens is 2. The van der Waals surface area contributed by atoms with Crippen LogP contribution in [0.1, 0.15) is 42.0 Å². The largest absolute Gasteiger partial charge is 0.480 e. The number of aliphatic carboxylic acids is 1. The van der Waals surface area contributed by atoms with Crippen LogP contribution in [0.2, 0.25) is 0 Å². The molecular weight excluding hydrogens is 234 g/mol. The van der Waals surface area contributed by atoms with Gasteiger partial charge in [-0.1, -0.05) is 0 Å². The molecule has 0 aromatic carbocycles. The smallest absolute Gasteiger partial charge is 0.328 e. The standard InChI is InChI=1S/C12H17N3O3/c1-7-6-9(8-2-4-18-5-3-8)15-11(14-7)10(13)12(16)17/h6,8,10H,2-5,13H2,1H3,(H,16,17). The molecule has 1 saturated heterocycles. The highest BCUT2D eigenvalue weighted by Crippen LogP contribution is 2.26. The summed E-state index contributed by atoms with van der Waals surface area (Å²) < 4.78 is 5.31. The summed E-state index contributed by atoms with van der Waals surface area (Å²) in [5, 5.41) is 8.90. The topological polar surface area (TPSA) is 98.3 Å². The monoisotopic (exact) mass is 251 g/mol. The van der Waals surface area contributed by atoms with Crippen molar-refractivity contribution in [3.63, 3.8) is 0 Å². The Morgan fingerprint density at radius 1 is 1.50 bits per heavy atom. The molecule has 18 heavy (non-hydrogen) atoms. The average Bonchev–Trinajstić information content (AvgIpc) is 2.38. The first-order chi connectivity index (χ1) is 8.58. The second kappa shape index (κ2) is 5.41. The molecule has 1 fully saturated rings. The summed E-state index contributed by atoms with van der Waals surface area (Å²) in [4.78, 5) is 19.3. The van der Waals surface area contributed by atoms with Gasteiger partial charge in [0.15, 0.2) is 11.9 Å². The number of hydrogen-bond donors (Lipinski definition) is 2. The van der Waals surface area contributed by atoms with Crippen molar-refractivity contribution in [1.29, 1.82) is 0 Å². The molecule has 1 unspecified atom stereocenters. The fourth-order valence-corrected chi connectivity index (χ4v) is 2.07. The zero-order valence-electron chi connectivity index (χ0n) is 10.3. The fourth-order valence-electron chi connectivity index (χ4n) is 2.07. The molecule has 2 heterocycles. The molecule has 0 amide bonds. The first-order valence-corrected chi connectivity index (χ1v) is 5.99. The molecule has 3 N–H and O–H groups in total. The van der Waals surface area contributed by atoms with E-state index in [0.717, 1.165) is 24.2 Å². The molecule has 1 atom stereocenters. The molecule has 1 aliphatic heterocycles. The van der Waals surface area contributed by atoms with Gasteiger partial charge in [0.1, 0.15) is 0 Å². The summed E-state index contributed by atoms with van der Waals surface area (Å²) in [6, 6.07) is 0.733. The lowest BCUT2D eigenvalue weighted by Gasteiger charge is -2.22. The van der Waals surface area contributed by atoms with E-state index in [2.05, 4.69) is 9.97 Å². The SMILES string of the molecule is Cc1cc(C2CCOCC2)nc(C(N)C(=O)O)n1. The van der Waals surface area contributed by atoms with E-state index in [9.17, 15) is 4.79 Å². The third-order valence-electron chi connectivity index (χ3n) is 3.08. The third kappa shape index (κ3) is 2.83. The van der Waals surface area contributed by atoms with Crippen LogP contribution in [0.5, 0.6) is 0 Å². The van der Waals surface area contributed by atoms with Crippen molar-refractivity contribution in [1.82, 2.24) is 9.97 Å². The van der Waals surface area contributed by atoms with Crippen molar-refractivity contribution in [3.8, 4) is 0 Å². The van der Waals surface area contributed by atoms with E-state index in [-0.39, 0.29) is 5.82 Å². The first-order valence-electron chi connectivity index (χ1n) is 5.99. The molecule has 1 aromatic rings. The Bertz CT molecular complexity index is 444. The summed E-state index contributed by atoms with van der Waals surface area (Å²) >= 11 is 0. The number of nitrogens with two attached hydrogens (primary N) is 1. The number of hydrogen-bond acceptors (Lipinski definition) is 5. The van der Waals surface area contributed by atoms with Gasteiger partial charge in [-0.2, -0.15) is 0 Å². The van der Waals surface area contributed by atoms with Crippen LogP contribution in [0.25, 0.3) is 0 Å². The molecule has 98 valence electrons. The lowest BCUT2D eigenvalue weighted by atomic mass is 9.96.